The molecule has 0 saturated heterocycles. The van der Waals surface area contributed by atoms with Crippen LogP contribution in [0.2, 0.25) is 0 Å². The minimum absolute atomic E-state index is 0.0550. The number of tetrazole rings is 1. The summed E-state index contributed by atoms with van der Waals surface area (Å²) in [6.07, 6.45) is 6.70. The standard InChI is InChI=1S/C22H22N6O5/c29-19(24-22(31)23-16-9-4-5-10-16)14-33-21(30)18(13-17-11-6-12-32-17)28-20(25-26-27-28)15-7-2-1-3-8-15/h1-3,6-8,11-13,16H,4-5,9-10,14H2,(H2,23,24,29,31)/b18-13-. The summed E-state index contributed by atoms with van der Waals surface area (Å²) >= 11 is 0. The zero-order chi connectivity index (χ0) is 23.0. The molecule has 0 radical (unpaired) electrons. The Morgan fingerprint density at radius 3 is 2.64 bits per heavy atom. The molecular formula is C22H22N6O5. The second kappa shape index (κ2) is 10.4. The number of ether oxygens (including phenoxy) is 1. The van der Waals surface area contributed by atoms with Crippen LogP contribution in [0.4, 0.5) is 4.79 Å². The smallest absolute Gasteiger partial charge is 0.357 e. The van der Waals surface area contributed by atoms with Crippen LogP contribution in [0, 0.1) is 0 Å². The number of nitrogens with one attached hydrogen (secondary N) is 2. The van der Waals surface area contributed by atoms with Gasteiger partial charge in [-0.25, -0.2) is 9.59 Å². The van der Waals surface area contributed by atoms with Crippen LogP contribution in [0.5, 0.6) is 0 Å². The van der Waals surface area contributed by atoms with Crippen molar-refractivity contribution in [1.29, 1.82) is 0 Å². The summed E-state index contributed by atoms with van der Waals surface area (Å²) in [7, 11) is 0. The largest absolute Gasteiger partial charge is 0.465 e. The van der Waals surface area contributed by atoms with Gasteiger partial charge in [0.25, 0.3) is 5.91 Å². The molecule has 2 heterocycles. The summed E-state index contributed by atoms with van der Waals surface area (Å²) in [6.45, 7) is -0.658. The van der Waals surface area contributed by atoms with Crippen molar-refractivity contribution in [3.05, 3.63) is 54.5 Å². The lowest BCUT2D eigenvalue weighted by atomic mass is 10.2. The number of esters is 1. The molecule has 33 heavy (non-hydrogen) atoms. The third kappa shape index (κ3) is 5.70. The number of aromatic nitrogens is 4. The van der Waals surface area contributed by atoms with Crippen LogP contribution in [0.15, 0.2) is 53.1 Å². The van der Waals surface area contributed by atoms with E-state index in [2.05, 4.69) is 26.2 Å². The lowest BCUT2D eigenvalue weighted by Gasteiger charge is -2.13. The Morgan fingerprint density at radius 2 is 1.91 bits per heavy atom. The number of carbonyl (C=O) groups excluding carboxylic acids is 3. The third-order valence-corrected chi connectivity index (χ3v) is 5.04. The number of urea groups is 1. The monoisotopic (exact) mass is 450 g/mol. The molecule has 3 amide bonds. The van der Waals surface area contributed by atoms with E-state index < -0.39 is 24.5 Å². The highest BCUT2D eigenvalue weighted by Crippen LogP contribution is 2.21. The number of carbonyl (C=O) groups is 3. The van der Waals surface area contributed by atoms with Crippen molar-refractivity contribution < 1.29 is 23.5 Å². The molecular weight excluding hydrogens is 428 g/mol. The summed E-state index contributed by atoms with van der Waals surface area (Å²) in [5.74, 6) is -0.971. The van der Waals surface area contributed by atoms with Gasteiger partial charge in [0, 0.05) is 17.7 Å². The zero-order valence-corrected chi connectivity index (χ0v) is 17.6. The van der Waals surface area contributed by atoms with Gasteiger partial charge in [0.15, 0.2) is 18.1 Å². The molecule has 4 rings (SSSR count). The molecule has 1 fully saturated rings. The molecule has 1 saturated carbocycles. The number of amides is 3. The van der Waals surface area contributed by atoms with Crippen molar-refractivity contribution in [1.82, 2.24) is 30.8 Å². The maximum Gasteiger partial charge on any atom is 0.357 e. The van der Waals surface area contributed by atoms with Crippen LogP contribution in [0.25, 0.3) is 23.2 Å². The van der Waals surface area contributed by atoms with E-state index in [1.807, 2.05) is 18.2 Å². The van der Waals surface area contributed by atoms with Crippen LogP contribution >= 0.6 is 0 Å². The zero-order valence-electron chi connectivity index (χ0n) is 17.6. The minimum atomic E-state index is -0.873. The van der Waals surface area contributed by atoms with Crippen molar-refractivity contribution in [2.45, 2.75) is 31.7 Å². The molecule has 11 nitrogen and oxygen atoms in total. The normalized spacial score (nSPS) is 14.1. The number of benzene rings is 1. The van der Waals surface area contributed by atoms with Gasteiger partial charge >= 0.3 is 12.0 Å². The fourth-order valence-corrected chi connectivity index (χ4v) is 3.49. The Morgan fingerprint density at radius 1 is 1.12 bits per heavy atom. The lowest BCUT2D eigenvalue weighted by Crippen LogP contribution is -2.45. The van der Waals surface area contributed by atoms with Crippen LogP contribution in [-0.4, -0.2) is 50.8 Å². The minimum Gasteiger partial charge on any atom is -0.465 e. The van der Waals surface area contributed by atoms with Gasteiger partial charge in [-0.1, -0.05) is 43.2 Å². The molecule has 2 aromatic heterocycles. The van der Waals surface area contributed by atoms with E-state index in [1.165, 1.54) is 17.0 Å². The molecule has 1 aromatic carbocycles. The maximum absolute atomic E-state index is 12.9. The number of nitrogens with zero attached hydrogens (tertiary/aromatic N) is 4. The predicted octanol–water partition coefficient (Wildman–Crippen LogP) is 2.24. The topological polar surface area (TPSA) is 141 Å². The molecule has 0 atom stereocenters. The summed E-state index contributed by atoms with van der Waals surface area (Å²) in [4.78, 5) is 37.0. The number of imide groups is 1. The molecule has 2 N–H and O–H groups in total. The van der Waals surface area contributed by atoms with Crippen LogP contribution < -0.4 is 10.6 Å². The van der Waals surface area contributed by atoms with Crippen molar-refractivity contribution in [2.75, 3.05) is 6.61 Å². The van der Waals surface area contributed by atoms with Gasteiger partial charge in [-0.2, -0.15) is 4.68 Å². The average Bonchev–Trinajstić information content (AvgIpc) is 3.59. The van der Waals surface area contributed by atoms with E-state index in [0.717, 1.165) is 25.7 Å². The third-order valence-electron chi connectivity index (χ3n) is 5.04. The fraction of sp³-hybridized carbons (Fsp3) is 0.273. The van der Waals surface area contributed by atoms with Gasteiger partial charge in [-0.15, -0.1) is 5.10 Å². The Hall–Kier alpha value is -4.28. The average molecular weight is 450 g/mol. The first-order valence-electron chi connectivity index (χ1n) is 10.5. The highest BCUT2D eigenvalue weighted by molar-refractivity contribution is 6.16. The predicted molar refractivity (Wildman–Crippen MR) is 116 cm³/mol. The summed E-state index contributed by atoms with van der Waals surface area (Å²) in [5.41, 5.74) is 0.596. The Labute approximate surface area is 188 Å². The molecule has 170 valence electrons. The number of hydrogen-bond acceptors (Lipinski definition) is 8. The van der Waals surface area contributed by atoms with Crippen LogP contribution in [-0.2, 0) is 14.3 Å². The molecule has 11 heteroatoms. The first kappa shape index (κ1) is 21.9. The van der Waals surface area contributed by atoms with Gasteiger partial charge < -0.3 is 14.5 Å². The van der Waals surface area contributed by atoms with Crippen LogP contribution in [0.3, 0.4) is 0 Å². The van der Waals surface area contributed by atoms with Gasteiger partial charge in [0.1, 0.15) is 5.76 Å². The molecule has 0 unspecified atom stereocenters. The SMILES string of the molecule is O=C(COC(=O)/C(=C/c1ccco1)n1nnnc1-c1ccccc1)NC(=O)NC1CCCC1. The maximum atomic E-state index is 12.9. The first-order valence-corrected chi connectivity index (χ1v) is 10.5. The summed E-state index contributed by atoms with van der Waals surface area (Å²) in [6, 6.07) is 11.8. The van der Waals surface area contributed by atoms with Gasteiger partial charge in [0.2, 0.25) is 0 Å². The van der Waals surface area contributed by atoms with Gasteiger partial charge in [-0.3, -0.25) is 10.1 Å². The molecule has 0 spiro atoms. The molecule has 1 aliphatic carbocycles. The van der Waals surface area contributed by atoms with E-state index >= 15 is 0 Å². The van der Waals surface area contributed by atoms with Crippen molar-refractivity contribution in [2.24, 2.45) is 0 Å². The van der Waals surface area contributed by atoms with E-state index in [-0.39, 0.29) is 11.7 Å². The molecule has 0 bridgehead atoms. The fourth-order valence-electron chi connectivity index (χ4n) is 3.49. The lowest BCUT2D eigenvalue weighted by molar-refractivity contribution is -0.142. The van der Waals surface area contributed by atoms with Crippen LogP contribution in [0.1, 0.15) is 31.4 Å². The quantitative estimate of drug-likeness (QED) is 0.412. The van der Waals surface area contributed by atoms with E-state index in [1.54, 1.807) is 24.3 Å². The number of furan rings is 1. The number of hydrogen-bond donors (Lipinski definition) is 2. The molecule has 3 aromatic rings. The summed E-state index contributed by atoms with van der Waals surface area (Å²) < 4.78 is 11.6. The van der Waals surface area contributed by atoms with Crippen molar-refractivity contribution in [3.63, 3.8) is 0 Å². The second-order valence-corrected chi connectivity index (χ2v) is 7.40. The van der Waals surface area contributed by atoms with E-state index in [4.69, 9.17) is 9.15 Å². The summed E-state index contributed by atoms with van der Waals surface area (Å²) in [5, 5.41) is 16.5. The van der Waals surface area contributed by atoms with E-state index in [0.29, 0.717) is 17.1 Å². The van der Waals surface area contributed by atoms with Gasteiger partial charge in [0.05, 0.1) is 6.26 Å². The Balaban J connectivity index is 1.46. The highest BCUT2D eigenvalue weighted by atomic mass is 16.5. The molecule has 1 aliphatic rings. The molecule has 0 aliphatic heterocycles. The second-order valence-electron chi connectivity index (χ2n) is 7.40. The van der Waals surface area contributed by atoms with Crippen molar-refractivity contribution in [3.8, 4) is 11.4 Å². The van der Waals surface area contributed by atoms with E-state index in [9.17, 15) is 14.4 Å². The highest BCUT2D eigenvalue weighted by Gasteiger charge is 2.23. The first-order chi connectivity index (χ1) is 16.1. The Bertz CT molecular complexity index is 1130. The van der Waals surface area contributed by atoms with Crippen molar-refractivity contribution >= 4 is 29.7 Å². The Kier molecular flexibility index (Phi) is 6.88. The van der Waals surface area contributed by atoms with Gasteiger partial charge in [-0.05, 0) is 35.4 Å². The number of rotatable bonds is 7.